The molecule has 106 valence electrons. The van der Waals surface area contributed by atoms with Crippen LogP contribution >= 0.6 is 0 Å². The third-order valence-electron chi connectivity index (χ3n) is 3.14. The Morgan fingerprint density at radius 2 is 1.95 bits per heavy atom. The standard InChI is InChI=1S/C15H22FNO2/c1-5-13(15(18)17-11(4)10(2)3)19-14-9-7-6-8-12(14)16/h6-11,13H,5H2,1-4H3,(H,17,18)/t11-,13+/m1/s1. The van der Waals surface area contributed by atoms with Crippen LogP contribution < -0.4 is 10.1 Å². The first-order valence-electron chi connectivity index (χ1n) is 6.67. The quantitative estimate of drug-likeness (QED) is 0.860. The van der Waals surface area contributed by atoms with E-state index in [0.29, 0.717) is 12.3 Å². The van der Waals surface area contributed by atoms with Crippen LogP contribution in [0.15, 0.2) is 24.3 Å². The van der Waals surface area contributed by atoms with Gasteiger partial charge in [-0.2, -0.15) is 0 Å². The molecule has 3 nitrogen and oxygen atoms in total. The van der Waals surface area contributed by atoms with Crippen LogP contribution in [0.5, 0.6) is 5.75 Å². The fraction of sp³-hybridized carbons (Fsp3) is 0.533. The second kappa shape index (κ2) is 7.12. The van der Waals surface area contributed by atoms with E-state index in [4.69, 9.17) is 4.74 Å². The molecule has 2 atom stereocenters. The molecule has 0 heterocycles. The van der Waals surface area contributed by atoms with Crippen molar-refractivity contribution in [2.75, 3.05) is 0 Å². The number of hydrogen-bond donors (Lipinski definition) is 1. The van der Waals surface area contributed by atoms with Gasteiger partial charge < -0.3 is 10.1 Å². The average Bonchev–Trinajstić information content (AvgIpc) is 2.37. The van der Waals surface area contributed by atoms with Crippen molar-refractivity contribution in [3.8, 4) is 5.75 Å². The molecule has 0 aliphatic heterocycles. The maximum atomic E-state index is 13.5. The fourth-order valence-electron chi connectivity index (χ4n) is 1.50. The summed E-state index contributed by atoms with van der Waals surface area (Å²) in [6.07, 6.45) is -0.177. The summed E-state index contributed by atoms with van der Waals surface area (Å²) in [6.45, 7) is 7.84. The SMILES string of the molecule is CC[C@H](Oc1ccccc1F)C(=O)N[C@H](C)C(C)C. The van der Waals surface area contributed by atoms with E-state index in [1.54, 1.807) is 12.1 Å². The lowest BCUT2D eigenvalue weighted by atomic mass is 10.1. The molecule has 19 heavy (non-hydrogen) atoms. The van der Waals surface area contributed by atoms with E-state index in [1.807, 2.05) is 27.7 Å². The predicted octanol–water partition coefficient (Wildman–Crippen LogP) is 3.14. The zero-order valence-corrected chi connectivity index (χ0v) is 11.9. The molecule has 1 N–H and O–H groups in total. The van der Waals surface area contributed by atoms with Gasteiger partial charge in [-0.3, -0.25) is 4.79 Å². The molecule has 0 radical (unpaired) electrons. The van der Waals surface area contributed by atoms with Gasteiger partial charge in [-0.05, 0) is 31.4 Å². The van der Waals surface area contributed by atoms with Crippen LogP contribution in [0.4, 0.5) is 4.39 Å². The second-order valence-corrected chi connectivity index (χ2v) is 4.99. The molecule has 1 rings (SSSR count). The molecule has 0 saturated heterocycles. The predicted molar refractivity (Wildman–Crippen MR) is 73.5 cm³/mol. The minimum Gasteiger partial charge on any atom is -0.478 e. The average molecular weight is 267 g/mol. The molecule has 0 saturated carbocycles. The van der Waals surface area contributed by atoms with Crippen LogP contribution in [-0.2, 0) is 4.79 Å². The molecule has 0 aliphatic carbocycles. The number of para-hydroxylation sites is 1. The Labute approximate surface area is 114 Å². The van der Waals surface area contributed by atoms with Crippen LogP contribution in [0.25, 0.3) is 0 Å². The maximum Gasteiger partial charge on any atom is 0.261 e. The van der Waals surface area contributed by atoms with Gasteiger partial charge in [-0.15, -0.1) is 0 Å². The molecule has 0 spiro atoms. The largest absolute Gasteiger partial charge is 0.478 e. The Bertz CT molecular complexity index is 420. The van der Waals surface area contributed by atoms with Gasteiger partial charge in [-0.1, -0.05) is 32.9 Å². The number of benzene rings is 1. The second-order valence-electron chi connectivity index (χ2n) is 4.99. The summed E-state index contributed by atoms with van der Waals surface area (Å²) in [4.78, 5) is 12.0. The fourth-order valence-corrected chi connectivity index (χ4v) is 1.50. The van der Waals surface area contributed by atoms with Gasteiger partial charge >= 0.3 is 0 Å². The summed E-state index contributed by atoms with van der Waals surface area (Å²) < 4.78 is 18.9. The van der Waals surface area contributed by atoms with Gasteiger partial charge in [-0.25, -0.2) is 4.39 Å². The highest BCUT2D eigenvalue weighted by Crippen LogP contribution is 2.18. The lowest BCUT2D eigenvalue weighted by Crippen LogP contribution is -2.44. The Morgan fingerprint density at radius 3 is 2.47 bits per heavy atom. The highest BCUT2D eigenvalue weighted by Gasteiger charge is 2.22. The maximum absolute atomic E-state index is 13.5. The smallest absolute Gasteiger partial charge is 0.261 e. The van der Waals surface area contributed by atoms with Crippen molar-refractivity contribution in [1.82, 2.24) is 5.32 Å². The summed E-state index contributed by atoms with van der Waals surface area (Å²) in [5.74, 6) is -0.200. The molecule has 0 bridgehead atoms. The van der Waals surface area contributed by atoms with E-state index in [1.165, 1.54) is 12.1 Å². The third-order valence-corrected chi connectivity index (χ3v) is 3.14. The van der Waals surface area contributed by atoms with Crippen molar-refractivity contribution in [3.63, 3.8) is 0 Å². The third kappa shape index (κ3) is 4.54. The first-order chi connectivity index (χ1) is 8.95. The van der Waals surface area contributed by atoms with E-state index < -0.39 is 11.9 Å². The van der Waals surface area contributed by atoms with Crippen molar-refractivity contribution >= 4 is 5.91 Å². The summed E-state index contributed by atoms with van der Waals surface area (Å²) in [7, 11) is 0. The molecule has 1 aromatic rings. The van der Waals surface area contributed by atoms with Gasteiger partial charge in [0, 0.05) is 6.04 Å². The van der Waals surface area contributed by atoms with Crippen LogP contribution in [-0.4, -0.2) is 18.1 Å². The van der Waals surface area contributed by atoms with E-state index >= 15 is 0 Å². The van der Waals surface area contributed by atoms with E-state index in [-0.39, 0.29) is 17.7 Å². The van der Waals surface area contributed by atoms with Crippen molar-refractivity contribution in [3.05, 3.63) is 30.1 Å². The van der Waals surface area contributed by atoms with Crippen LogP contribution in [0.1, 0.15) is 34.1 Å². The number of halogens is 1. The molecular formula is C15H22FNO2. The minimum absolute atomic E-state index is 0.0609. The van der Waals surface area contributed by atoms with Crippen molar-refractivity contribution in [2.45, 2.75) is 46.3 Å². The van der Waals surface area contributed by atoms with Crippen molar-refractivity contribution < 1.29 is 13.9 Å². The summed E-state index contributed by atoms with van der Waals surface area (Å²) in [5.41, 5.74) is 0. The number of carbonyl (C=O) groups excluding carboxylic acids is 1. The van der Waals surface area contributed by atoms with E-state index in [9.17, 15) is 9.18 Å². The number of amides is 1. The number of hydrogen-bond acceptors (Lipinski definition) is 2. The van der Waals surface area contributed by atoms with Crippen molar-refractivity contribution in [1.29, 1.82) is 0 Å². The lowest BCUT2D eigenvalue weighted by molar-refractivity contribution is -0.129. The topological polar surface area (TPSA) is 38.3 Å². The van der Waals surface area contributed by atoms with Gasteiger partial charge in [0.2, 0.25) is 0 Å². The molecule has 4 heteroatoms. The normalized spacial score (nSPS) is 14.0. The molecule has 0 aromatic heterocycles. The first kappa shape index (κ1) is 15.5. The van der Waals surface area contributed by atoms with Crippen molar-refractivity contribution in [2.24, 2.45) is 5.92 Å². The Morgan fingerprint density at radius 1 is 1.32 bits per heavy atom. The highest BCUT2D eigenvalue weighted by molar-refractivity contribution is 5.81. The molecule has 1 aromatic carbocycles. The molecule has 0 fully saturated rings. The molecular weight excluding hydrogens is 245 g/mol. The lowest BCUT2D eigenvalue weighted by Gasteiger charge is -2.22. The van der Waals surface area contributed by atoms with Crippen LogP contribution in [0.3, 0.4) is 0 Å². The Kier molecular flexibility index (Phi) is 5.80. The minimum atomic E-state index is -0.668. The van der Waals surface area contributed by atoms with Gasteiger partial charge in [0.05, 0.1) is 0 Å². The van der Waals surface area contributed by atoms with Crippen LogP contribution in [0.2, 0.25) is 0 Å². The first-order valence-corrected chi connectivity index (χ1v) is 6.67. The molecule has 1 amide bonds. The number of carbonyl (C=O) groups is 1. The van der Waals surface area contributed by atoms with E-state index in [2.05, 4.69) is 5.32 Å². The Hall–Kier alpha value is -1.58. The van der Waals surface area contributed by atoms with Gasteiger partial charge in [0.1, 0.15) is 0 Å². The zero-order chi connectivity index (χ0) is 14.4. The number of ether oxygens (including phenoxy) is 1. The summed E-state index contributed by atoms with van der Waals surface area (Å²) in [6, 6.07) is 6.17. The highest BCUT2D eigenvalue weighted by atomic mass is 19.1. The monoisotopic (exact) mass is 267 g/mol. The van der Waals surface area contributed by atoms with Gasteiger partial charge in [0.25, 0.3) is 5.91 Å². The summed E-state index contributed by atoms with van der Waals surface area (Å²) >= 11 is 0. The molecule has 0 unspecified atom stereocenters. The summed E-state index contributed by atoms with van der Waals surface area (Å²) in [5, 5.41) is 2.88. The van der Waals surface area contributed by atoms with E-state index in [0.717, 1.165) is 0 Å². The Balaban J connectivity index is 2.68. The zero-order valence-electron chi connectivity index (χ0n) is 11.9. The number of nitrogens with one attached hydrogen (secondary N) is 1. The van der Waals surface area contributed by atoms with Crippen LogP contribution in [0, 0.1) is 11.7 Å². The van der Waals surface area contributed by atoms with Gasteiger partial charge in [0.15, 0.2) is 17.7 Å². The molecule has 0 aliphatic rings. The number of rotatable bonds is 6.